The van der Waals surface area contributed by atoms with Gasteiger partial charge in [0.15, 0.2) is 0 Å². The Kier molecular flexibility index (Phi) is 4.48. The van der Waals surface area contributed by atoms with Crippen molar-refractivity contribution >= 4 is 23.3 Å². The van der Waals surface area contributed by atoms with Gasteiger partial charge in [0.05, 0.1) is 26.8 Å². The molecule has 0 spiro atoms. The predicted molar refractivity (Wildman–Crippen MR) is 95.9 cm³/mol. The molecular weight excluding hydrogens is 358 g/mol. The van der Waals surface area contributed by atoms with Crippen LogP contribution in [-0.4, -0.2) is 21.1 Å². The van der Waals surface area contributed by atoms with Crippen molar-refractivity contribution in [2.45, 2.75) is 13.8 Å². The van der Waals surface area contributed by atoms with Gasteiger partial charge in [-0.15, -0.1) is 0 Å². The van der Waals surface area contributed by atoms with Crippen molar-refractivity contribution in [3.8, 4) is 16.8 Å². The number of nitrogens with zero attached hydrogens (tertiary/aromatic N) is 2. The Balaban J connectivity index is 2.15. The fourth-order valence-corrected chi connectivity index (χ4v) is 3.16. The molecule has 0 unspecified atom stereocenters. The number of non-ortho nitro benzene ring substituents is 1. The van der Waals surface area contributed by atoms with E-state index in [2.05, 4.69) is 5.10 Å². The normalized spacial score (nSPS) is 10.7. The number of carbonyl (C=O) groups is 1. The lowest BCUT2D eigenvalue weighted by atomic mass is 10.0. The first-order chi connectivity index (χ1) is 12.3. The maximum atomic E-state index is 11.3. The van der Waals surface area contributed by atoms with E-state index in [0.717, 1.165) is 17.0 Å². The third-order valence-electron chi connectivity index (χ3n) is 4.14. The second-order valence-corrected chi connectivity index (χ2v) is 6.22. The molecule has 0 fully saturated rings. The molecule has 0 bridgehead atoms. The van der Waals surface area contributed by atoms with Crippen molar-refractivity contribution in [3.05, 3.63) is 74.6 Å². The highest BCUT2D eigenvalue weighted by Gasteiger charge is 2.25. The summed E-state index contributed by atoms with van der Waals surface area (Å²) in [6, 6.07) is 11.1. The number of nitro groups is 1. The summed E-state index contributed by atoms with van der Waals surface area (Å²) in [6.45, 7) is 3.71. The minimum Gasteiger partial charge on any atom is -0.478 e. The first-order valence-electron chi connectivity index (χ1n) is 7.69. The van der Waals surface area contributed by atoms with Gasteiger partial charge in [0.25, 0.3) is 5.69 Å². The molecule has 0 amide bonds. The monoisotopic (exact) mass is 372 g/mol. The molecule has 1 aromatic heterocycles. The number of rotatable bonds is 4. The number of aryl methyl sites for hydroxylation is 1. The molecule has 0 aliphatic carbocycles. The number of aromatic carboxylic acids is 1. The Morgan fingerprint density at radius 3 is 2.62 bits per heavy atom. The van der Waals surface area contributed by atoms with Crippen LogP contribution in [0.4, 0.5) is 5.69 Å². The average Bonchev–Trinajstić information content (AvgIpc) is 2.89. The van der Waals surface area contributed by atoms with Crippen LogP contribution in [0.1, 0.15) is 21.7 Å². The highest BCUT2D eigenvalue weighted by Crippen LogP contribution is 2.28. The first kappa shape index (κ1) is 17.6. The predicted octanol–water partition coefficient (Wildman–Crippen LogP) is 3.84. The molecule has 26 heavy (non-hydrogen) atoms. The summed E-state index contributed by atoms with van der Waals surface area (Å²) in [5.74, 6) is -1.11. The number of hydrogen-bond donors (Lipinski definition) is 2. The van der Waals surface area contributed by atoms with E-state index in [1.165, 1.54) is 24.3 Å². The molecule has 0 radical (unpaired) electrons. The summed E-state index contributed by atoms with van der Waals surface area (Å²) in [4.78, 5) is 21.9. The summed E-state index contributed by atoms with van der Waals surface area (Å²) in [6.07, 6.45) is 0. The van der Waals surface area contributed by atoms with E-state index in [0.29, 0.717) is 11.3 Å². The lowest BCUT2D eigenvalue weighted by Crippen LogP contribution is -2.35. The maximum Gasteiger partial charge on any atom is 0.337 e. The SMILES string of the molecule is Cc1[nH][n+](-c2ccc(Cl)c(C(=O)O)c2)c(C)c1-c1cccc([N+](=O)[O-])c1. The second-order valence-electron chi connectivity index (χ2n) is 5.81. The Morgan fingerprint density at radius 1 is 1.23 bits per heavy atom. The van der Waals surface area contributed by atoms with Gasteiger partial charge in [-0.2, -0.15) is 5.10 Å². The minimum absolute atomic E-state index is 0.000202. The van der Waals surface area contributed by atoms with E-state index < -0.39 is 10.9 Å². The number of aromatic amines is 1. The third kappa shape index (κ3) is 3.04. The van der Waals surface area contributed by atoms with Gasteiger partial charge in [0, 0.05) is 31.2 Å². The van der Waals surface area contributed by atoms with Crippen LogP contribution in [0.25, 0.3) is 16.8 Å². The van der Waals surface area contributed by atoms with E-state index in [4.69, 9.17) is 11.6 Å². The Labute approximate surface area is 153 Å². The molecule has 0 aliphatic heterocycles. The largest absolute Gasteiger partial charge is 0.478 e. The lowest BCUT2D eigenvalue weighted by molar-refractivity contribution is -0.661. The molecule has 132 valence electrons. The molecule has 2 N–H and O–H groups in total. The molecule has 1 heterocycles. The van der Waals surface area contributed by atoms with E-state index in [-0.39, 0.29) is 16.3 Å². The highest BCUT2D eigenvalue weighted by atomic mass is 35.5. The molecule has 2 aromatic carbocycles. The number of nitro benzene ring substituents is 1. The average molecular weight is 373 g/mol. The van der Waals surface area contributed by atoms with E-state index in [1.54, 1.807) is 22.9 Å². The van der Waals surface area contributed by atoms with Crippen LogP contribution in [0.15, 0.2) is 42.5 Å². The Morgan fingerprint density at radius 2 is 1.96 bits per heavy atom. The molecule has 7 nitrogen and oxygen atoms in total. The maximum absolute atomic E-state index is 11.3. The van der Waals surface area contributed by atoms with Crippen molar-refractivity contribution in [3.63, 3.8) is 0 Å². The number of H-pyrrole nitrogens is 1. The van der Waals surface area contributed by atoms with Crippen molar-refractivity contribution < 1.29 is 19.5 Å². The number of hydrogen-bond acceptors (Lipinski definition) is 3. The van der Waals surface area contributed by atoms with Crippen LogP contribution >= 0.6 is 11.6 Å². The van der Waals surface area contributed by atoms with E-state index in [1.807, 2.05) is 13.8 Å². The molecule has 3 rings (SSSR count). The van der Waals surface area contributed by atoms with Gasteiger partial charge >= 0.3 is 5.97 Å². The number of aromatic nitrogens is 2. The topological polar surface area (TPSA) is 100 Å². The fraction of sp³-hybridized carbons (Fsp3) is 0.111. The summed E-state index contributed by atoms with van der Waals surface area (Å²) in [5.41, 5.74) is 3.73. The van der Waals surface area contributed by atoms with Gasteiger partial charge in [-0.1, -0.05) is 28.4 Å². The quantitative estimate of drug-likeness (QED) is 0.413. The summed E-state index contributed by atoms with van der Waals surface area (Å²) < 4.78 is 1.73. The van der Waals surface area contributed by atoms with Crippen LogP contribution in [0.5, 0.6) is 0 Å². The van der Waals surface area contributed by atoms with Crippen LogP contribution in [0, 0.1) is 24.0 Å². The van der Waals surface area contributed by atoms with Crippen molar-refractivity contribution in [1.82, 2.24) is 5.10 Å². The molecule has 0 saturated heterocycles. The van der Waals surface area contributed by atoms with Crippen LogP contribution < -0.4 is 4.68 Å². The summed E-state index contributed by atoms with van der Waals surface area (Å²) >= 11 is 5.93. The minimum atomic E-state index is -1.11. The number of carboxylic acids is 1. The van der Waals surface area contributed by atoms with Crippen molar-refractivity contribution in [2.24, 2.45) is 0 Å². The second kappa shape index (κ2) is 6.61. The van der Waals surface area contributed by atoms with E-state index in [9.17, 15) is 20.0 Å². The molecule has 8 heteroatoms. The van der Waals surface area contributed by atoms with Crippen LogP contribution in [0.3, 0.4) is 0 Å². The highest BCUT2D eigenvalue weighted by molar-refractivity contribution is 6.33. The van der Waals surface area contributed by atoms with Gasteiger partial charge in [0.2, 0.25) is 11.4 Å². The van der Waals surface area contributed by atoms with Gasteiger partial charge in [0.1, 0.15) is 0 Å². The third-order valence-corrected chi connectivity index (χ3v) is 4.47. The summed E-state index contributed by atoms with van der Waals surface area (Å²) in [5, 5.41) is 23.6. The lowest BCUT2D eigenvalue weighted by Gasteiger charge is -2.00. The van der Waals surface area contributed by atoms with Gasteiger partial charge < -0.3 is 5.11 Å². The van der Waals surface area contributed by atoms with Gasteiger partial charge in [-0.05, 0) is 18.6 Å². The molecule has 3 aromatic rings. The van der Waals surface area contributed by atoms with Crippen molar-refractivity contribution in [2.75, 3.05) is 0 Å². The van der Waals surface area contributed by atoms with Crippen LogP contribution in [0.2, 0.25) is 5.02 Å². The van der Waals surface area contributed by atoms with Crippen LogP contribution in [-0.2, 0) is 0 Å². The number of nitrogens with one attached hydrogen (secondary N) is 1. The standard InChI is InChI=1S/C18H14ClN3O4/c1-10-17(12-4-3-5-14(8-12)22(25)26)11(2)21(20-10)13-6-7-16(19)15(9-13)18(23)24/h3-9H,1-2H3,(H,23,24)/p+1. The summed E-state index contributed by atoms with van der Waals surface area (Å²) in [7, 11) is 0. The van der Waals surface area contributed by atoms with E-state index >= 15 is 0 Å². The van der Waals surface area contributed by atoms with Gasteiger partial charge in [-0.25, -0.2) is 4.79 Å². The zero-order valence-corrected chi connectivity index (χ0v) is 14.7. The fourth-order valence-electron chi connectivity index (χ4n) is 2.97. The Hall–Kier alpha value is -3.19. The number of halogens is 1. The first-order valence-corrected chi connectivity index (χ1v) is 8.06. The van der Waals surface area contributed by atoms with Crippen molar-refractivity contribution in [1.29, 1.82) is 0 Å². The zero-order valence-electron chi connectivity index (χ0n) is 14.0. The van der Waals surface area contributed by atoms with Gasteiger partial charge in [-0.3, -0.25) is 10.1 Å². The Bertz CT molecular complexity index is 1040. The molecule has 0 atom stereocenters. The molecular formula is C18H15ClN3O4+. The zero-order chi connectivity index (χ0) is 19.0. The smallest absolute Gasteiger partial charge is 0.337 e. The number of benzene rings is 2. The number of carboxylic acid groups (broad SMARTS) is 1. The molecule has 0 aliphatic rings. The molecule has 0 saturated carbocycles.